The number of carbonyl (C=O) groups excluding carboxylic acids is 2. The van der Waals surface area contributed by atoms with Gasteiger partial charge in [0.25, 0.3) is 0 Å². The van der Waals surface area contributed by atoms with E-state index in [4.69, 9.17) is 0 Å². The Kier molecular flexibility index (Phi) is 6.45. The molecule has 2 saturated heterocycles. The zero-order valence-electron chi connectivity index (χ0n) is 14.9. The highest BCUT2D eigenvalue weighted by atomic mass is 16.2. The third-order valence-electron chi connectivity index (χ3n) is 5.46. The third kappa shape index (κ3) is 5.30. The first kappa shape index (κ1) is 17.9. The van der Waals surface area contributed by atoms with Gasteiger partial charge in [0, 0.05) is 19.0 Å². The number of likely N-dealkylation sites (tertiary alicyclic amines) is 1. The number of nitrogens with one attached hydrogen (secondary N) is 2. The summed E-state index contributed by atoms with van der Waals surface area (Å²) in [6.45, 7) is 3.53. The van der Waals surface area contributed by atoms with Gasteiger partial charge in [-0.1, -0.05) is 30.3 Å². The molecule has 1 aromatic rings. The van der Waals surface area contributed by atoms with E-state index in [-0.39, 0.29) is 24.3 Å². The Hall–Kier alpha value is -1.88. The summed E-state index contributed by atoms with van der Waals surface area (Å²) in [6.07, 6.45) is 4.91. The lowest BCUT2D eigenvalue weighted by Crippen LogP contribution is -2.46. The molecule has 0 aromatic heterocycles. The molecule has 2 amide bonds. The van der Waals surface area contributed by atoms with Gasteiger partial charge in [-0.05, 0) is 56.7 Å². The van der Waals surface area contributed by atoms with Crippen molar-refractivity contribution in [2.75, 3.05) is 32.7 Å². The Balaban J connectivity index is 1.37. The molecule has 2 aliphatic rings. The second-order valence-corrected chi connectivity index (χ2v) is 7.26. The highest BCUT2D eigenvalue weighted by Crippen LogP contribution is 2.21. The monoisotopic (exact) mass is 343 g/mol. The van der Waals surface area contributed by atoms with Crippen molar-refractivity contribution in [1.29, 1.82) is 0 Å². The fraction of sp³-hybridized carbons (Fsp3) is 0.600. The Labute approximate surface area is 150 Å². The van der Waals surface area contributed by atoms with Crippen LogP contribution in [-0.2, 0) is 16.0 Å². The van der Waals surface area contributed by atoms with E-state index in [0.29, 0.717) is 5.92 Å². The zero-order chi connectivity index (χ0) is 17.5. The van der Waals surface area contributed by atoms with Crippen molar-refractivity contribution in [3.63, 3.8) is 0 Å². The van der Waals surface area contributed by atoms with E-state index in [9.17, 15) is 9.59 Å². The quantitative estimate of drug-likeness (QED) is 0.853. The molecule has 0 radical (unpaired) electrons. The smallest absolute Gasteiger partial charge is 0.241 e. The van der Waals surface area contributed by atoms with Gasteiger partial charge in [-0.15, -0.1) is 0 Å². The van der Waals surface area contributed by atoms with Gasteiger partial charge in [0.1, 0.15) is 0 Å². The standard InChI is InChI=1S/C20H29N3O2/c24-19(15-22-20(25)18-6-10-21-11-7-18)23-12-8-17(9-13-23)14-16-4-2-1-3-5-16/h1-5,17-18,21H,6-15H2,(H,22,25). The van der Waals surface area contributed by atoms with Crippen LogP contribution in [0.2, 0.25) is 0 Å². The molecule has 2 heterocycles. The summed E-state index contributed by atoms with van der Waals surface area (Å²) in [5, 5.41) is 6.09. The second-order valence-electron chi connectivity index (χ2n) is 7.26. The molecule has 0 bridgehead atoms. The van der Waals surface area contributed by atoms with Gasteiger partial charge >= 0.3 is 0 Å². The maximum Gasteiger partial charge on any atom is 0.241 e. The molecular formula is C20H29N3O2. The zero-order valence-corrected chi connectivity index (χ0v) is 14.9. The Morgan fingerprint density at radius 3 is 2.40 bits per heavy atom. The molecule has 5 heteroatoms. The minimum absolute atomic E-state index is 0.0359. The molecule has 0 unspecified atom stereocenters. The second kappa shape index (κ2) is 8.99. The van der Waals surface area contributed by atoms with Crippen LogP contribution < -0.4 is 10.6 Å². The molecule has 0 atom stereocenters. The summed E-state index contributed by atoms with van der Waals surface area (Å²) in [7, 11) is 0. The molecule has 0 aliphatic carbocycles. The minimum Gasteiger partial charge on any atom is -0.347 e. The predicted octanol–water partition coefficient (Wildman–Crippen LogP) is 1.58. The highest BCUT2D eigenvalue weighted by Gasteiger charge is 2.25. The molecule has 3 rings (SSSR count). The number of benzene rings is 1. The normalized spacial score (nSPS) is 19.6. The van der Waals surface area contributed by atoms with Crippen molar-refractivity contribution in [1.82, 2.24) is 15.5 Å². The summed E-state index contributed by atoms with van der Waals surface area (Å²) in [5.41, 5.74) is 1.38. The molecule has 2 aliphatic heterocycles. The first-order chi connectivity index (χ1) is 12.2. The first-order valence-electron chi connectivity index (χ1n) is 9.52. The van der Waals surface area contributed by atoms with Gasteiger partial charge in [-0.25, -0.2) is 0 Å². The van der Waals surface area contributed by atoms with Crippen molar-refractivity contribution in [2.45, 2.75) is 32.1 Å². The van der Waals surface area contributed by atoms with Crippen molar-refractivity contribution < 1.29 is 9.59 Å². The Bertz CT molecular complexity index is 562. The molecule has 25 heavy (non-hydrogen) atoms. The fourth-order valence-corrected chi connectivity index (χ4v) is 3.84. The van der Waals surface area contributed by atoms with Gasteiger partial charge in [0.05, 0.1) is 6.54 Å². The van der Waals surface area contributed by atoms with E-state index < -0.39 is 0 Å². The predicted molar refractivity (Wildman–Crippen MR) is 98.1 cm³/mol. The van der Waals surface area contributed by atoms with E-state index >= 15 is 0 Å². The minimum atomic E-state index is 0.0359. The number of amides is 2. The lowest BCUT2D eigenvalue weighted by atomic mass is 9.90. The van der Waals surface area contributed by atoms with E-state index in [1.807, 2.05) is 11.0 Å². The molecule has 0 spiro atoms. The lowest BCUT2D eigenvalue weighted by molar-refractivity contribution is -0.135. The SMILES string of the molecule is O=C(NCC(=O)N1CCC(Cc2ccccc2)CC1)C1CCNCC1. The van der Waals surface area contributed by atoms with Crippen LogP contribution in [0.3, 0.4) is 0 Å². The number of piperidine rings is 2. The Morgan fingerprint density at radius 2 is 1.72 bits per heavy atom. The lowest BCUT2D eigenvalue weighted by Gasteiger charge is -2.32. The van der Waals surface area contributed by atoms with Crippen molar-refractivity contribution >= 4 is 11.8 Å². The van der Waals surface area contributed by atoms with Crippen LogP contribution in [0.5, 0.6) is 0 Å². The summed E-state index contributed by atoms with van der Waals surface area (Å²) in [5.74, 6) is 0.802. The summed E-state index contributed by atoms with van der Waals surface area (Å²) >= 11 is 0. The van der Waals surface area contributed by atoms with E-state index in [2.05, 4.69) is 34.9 Å². The first-order valence-corrected chi connectivity index (χ1v) is 9.52. The van der Waals surface area contributed by atoms with Crippen LogP contribution in [0.15, 0.2) is 30.3 Å². The molecule has 136 valence electrons. The molecule has 0 saturated carbocycles. The number of nitrogens with zero attached hydrogens (tertiary/aromatic N) is 1. The van der Waals surface area contributed by atoms with Crippen LogP contribution in [0, 0.1) is 11.8 Å². The van der Waals surface area contributed by atoms with Gasteiger partial charge in [0.2, 0.25) is 11.8 Å². The summed E-state index contributed by atoms with van der Waals surface area (Å²) < 4.78 is 0. The van der Waals surface area contributed by atoms with Gasteiger partial charge < -0.3 is 15.5 Å². The molecule has 2 fully saturated rings. The van der Waals surface area contributed by atoms with Crippen molar-refractivity contribution in [3.8, 4) is 0 Å². The van der Waals surface area contributed by atoms with Gasteiger partial charge in [0.15, 0.2) is 0 Å². The van der Waals surface area contributed by atoms with Crippen LogP contribution in [-0.4, -0.2) is 49.4 Å². The average Bonchev–Trinajstić information content (AvgIpc) is 2.68. The van der Waals surface area contributed by atoms with Crippen LogP contribution in [0.25, 0.3) is 0 Å². The molecule has 2 N–H and O–H groups in total. The number of hydrogen-bond acceptors (Lipinski definition) is 3. The Morgan fingerprint density at radius 1 is 1.04 bits per heavy atom. The van der Waals surface area contributed by atoms with E-state index in [1.54, 1.807) is 0 Å². The van der Waals surface area contributed by atoms with Gasteiger partial charge in [-0.3, -0.25) is 9.59 Å². The third-order valence-corrected chi connectivity index (χ3v) is 5.46. The number of carbonyl (C=O) groups is 2. The molecular weight excluding hydrogens is 314 g/mol. The van der Waals surface area contributed by atoms with Gasteiger partial charge in [-0.2, -0.15) is 0 Å². The fourth-order valence-electron chi connectivity index (χ4n) is 3.84. The van der Waals surface area contributed by atoms with Crippen LogP contribution in [0.4, 0.5) is 0 Å². The average molecular weight is 343 g/mol. The van der Waals surface area contributed by atoms with Crippen LogP contribution >= 0.6 is 0 Å². The van der Waals surface area contributed by atoms with Crippen molar-refractivity contribution in [3.05, 3.63) is 35.9 Å². The van der Waals surface area contributed by atoms with Crippen molar-refractivity contribution in [2.24, 2.45) is 11.8 Å². The summed E-state index contributed by atoms with van der Waals surface area (Å²) in [4.78, 5) is 26.4. The van der Waals surface area contributed by atoms with E-state index in [0.717, 1.165) is 58.3 Å². The molecule has 1 aromatic carbocycles. The largest absolute Gasteiger partial charge is 0.347 e. The number of rotatable bonds is 5. The van der Waals surface area contributed by atoms with E-state index in [1.165, 1.54) is 5.56 Å². The summed E-state index contributed by atoms with van der Waals surface area (Å²) in [6, 6.07) is 10.6. The number of hydrogen-bond donors (Lipinski definition) is 2. The maximum absolute atomic E-state index is 12.3. The van der Waals surface area contributed by atoms with Crippen LogP contribution in [0.1, 0.15) is 31.2 Å². The highest BCUT2D eigenvalue weighted by molar-refractivity contribution is 5.85. The molecule has 5 nitrogen and oxygen atoms in total. The maximum atomic E-state index is 12.3. The topological polar surface area (TPSA) is 61.4 Å².